The molecule has 7 nitrogen and oxygen atoms in total. The van der Waals surface area contributed by atoms with Gasteiger partial charge in [0.15, 0.2) is 29.7 Å². The highest BCUT2D eigenvalue weighted by Crippen LogP contribution is 2.55. The van der Waals surface area contributed by atoms with Gasteiger partial charge in [0.05, 0.1) is 10.7 Å². The van der Waals surface area contributed by atoms with Gasteiger partial charge in [0.2, 0.25) is 0 Å². The molecule has 1 N–H and O–H groups in total. The molecule has 0 spiro atoms. The molecule has 2 aliphatic carbocycles. The lowest BCUT2D eigenvalue weighted by Gasteiger charge is -2.49. The summed E-state index contributed by atoms with van der Waals surface area (Å²) in [6.45, 7) is 13.0. The van der Waals surface area contributed by atoms with E-state index in [4.69, 9.17) is 9.47 Å². The zero-order chi connectivity index (χ0) is 35.2. The topological polar surface area (TPSA) is 84.9 Å². The maximum Gasteiger partial charge on any atom is 0.262 e. The predicted octanol–water partition coefficient (Wildman–Crippen LogP) is 8.82. The number of benzene rings is 3. The Morgan fingerprint density at radius 3 is 2.04 bits per heavy atom. The fraction of sp³-hybridized carbons (Fsp3) is 0.390. The first kappa shape index (κ1) is 34.9. The average Bonchev–Trinajstić information content (AvgIpc) is 3.02. The summed E-state index contributed by atoms with van der Waals surface area (Å²) in [6.07, 6.45) is 2.28. The molecule has 1 aliphatic heterocycles. The monoisotopic (exact) mass is 772 g/mol. The summed E-state index contributed by atoms with van der Waals surface area (Å²) in [7, 11) is 1.57. The summed E-state index contributed by atoms with van der Waals surface area (Å²) in [4.78, 5) is 43.8. The summed E-state index contributed by atoms with van der Waals surface area (Å²) < 4.78 is 12.7. The average molecular weight is 773 g/mol. The number of ether oxygens (including phenoxy) is 2. The van der Waals surface area contributed by atoms with Crippen LogP contribution in [0.25, 0.3) is 0 Å². The van der Waals surface area contributed by atoms with Crippen LogP contribution >= 0.6 is 22.6 Å². The molecule has 0 saturated heterocycles. The number of amides is 1. The Balaban J connectivity index is 1.41. The van der Waals surface area contributed by atoms with Crippen molar-refractivity contribution in [2.75, 3.05) is 19.0 Å². The Hall–Kier alpha value is -3.92. The third-order valence-electron chi connectivity index (χ3n) is 9.93. The number of hydrogen-bond acceptors (Lipinski definition) is 6. The van der Waals surface area contributed by atoms with Gasteiger partial charge < -0.3 is 19.7 Å². The summed E-state index contributed by atoms with van der Waals surface area (Å²) in [6, 6.07) is 19.9. The van der Waals surface area contributed by atoms with Gasteiger partial charge in [0.25, 0.3) is 5.91 Å². The van der Waals surface area contributed by atoms with Gasteiger partial charge in [-0.05, 0) is 107 Å². The van der Waals surface area contributed by atoms with Crippen LogP contribution in [0.15, 0.2) is 83.2 Å². The van der Waals surface area contributed by atoms with E-state index in [0.717, 1.165) is 50.1 Å². The van der Waals surface area contributed by atoms with Gasteiger partial charge in [0.1, 0.15) is 0 Å². The smallest absolute Gasteiger partial charge is 0.262 e. The van der Waals surface area contributed by atoms with Gasteiger partial charge in [-0.2, -0.15) is 0 Å². The third kappa shape index (κ3) is 7.21. The molecule has 1 amide bonds. The summed E-state index contributed by atoms with van der Waals surface area (Å²) in [5.41, 5.74) is 7.90. The Labute approximate surface area is 303 Å². The minimum Gasteiger partial charge on any atom is -0.493 e. The largest absolute Gasteiger partial charge is 0.493 e. The Kier molecular flexibility index (Phi) is 9.56. The lowest BCUT2D eigenvalue weighted by molar-refractivity contribution is -0.120. The zero-order valence-corrected chi connectivity index (χ0v) is 31.6. The number of Topliss-reactive ketones (excluding diaryl/α,β-unsaturated/α-hetero) is 2. The van der Waals surface area contributed by atoms with Crippen LogP contribution in [0.1, 0.15) is 81.5 Å². The van der Waals surface area contributed by atoms with Crippen molar-refractivity contribution in [1.82, 2.24) is 4.90 Å². The second-order valence-corrected chi connectivity index (χ2v) is 16.4. The Morgan fingerprint density at radius 1 is 0.857 bits per heavy atom. The molecular formula is C41H45IN2O5. The highest BCUT2D eigenvalue weighted by Gasteiger charge is 2.49. The third-order valence-corrected chi connectivity index (χ3v) is 10.7. The van der Waals surface area contributed by atoms with Crippen molar-refractivity contribution >= 4 is 45.8 Å². The molecule has 8 heteroatoms. The van der Waals surface area contributed by atoms with Crippen molar-refractivity contribution in [3.8, 4) is 11.5 Å². The first-order chi connectivity index (χ1) is 23.2. The van der Waals surface area contributed by atoms with Crippen LogP contribution in [0.5, 0.6) is 11.5 Å². The van der Waals surface area contributed by atoms with E-state index in [1.165, 1.54) is 0 Å². The molecule has 256 valence electrons. The lowest BCUT2D eigenvalue weighted by atomic mass is 9.63. The number of ketones is 2. The number of nitrogens with one attached hydrogen (secondary N) is 1. The highest BCUT2D eigenvalue weighted by molar-refractivity contribution is 14.1. The number of hydrogen-bond donors (Lipinski definition) is 1. The van der Waals surface area contributed by atoms with E-state index in [0.29, 0.717) is 47.7 Å². The normalized spacial score (nSPS) is 18.7. The number of nitrogens with zero attached hydrogens (tertiary/aromatic N) is 1. The van der Waals surface area contributed by atoms with E-state index in [9.17, 15) is 14.4 Å². The van der Waals surface area contributed by atoms with Gasteiger partial charge >= 0.3 is 0 Å². The van der Waals surface area contributed by atoms with Crippen LogP contribution in [0.2, 0.25) is 0 Å². The van der Waals surface area contributed by atoms with Gasteiger partial charge in [0, 0.05) is 53.5 Å². The second kappa shape index (κ2) is 13.4. The first-order valence-electron chi connectivity index (χ1n) is 16.9. The molecule has 0 aromatic heterocycles. The number of anilines is 1. The maximum absolute atomic E-state index is 14.3. The summed E-state index contributed by atoms with van der Waals surface area (Å²) >= 11 is 2.20. The van der Waals surface area contributed by atoms with E-state index in [2.05, 4.69) is 72.6 Å². The van der Waals surface area contributed by atoms with E-state index in [1.807, 2.05) is 62.4 Å². The van der Waals surface area contributed by atoms with Gasteiger partial charge in [-0.1, -0.05) is 64.1 Å². The zero-order valence-electron chi connectivity index (χ0n) is 29.5. The molecule has 1 heterocycles. The number of methoxy groups -OCH3 is 1. The molecule has 0 fully saturated rings. The molecule has 49 heavy (non-hydrogen) atoms. The molecule has 3 aromatic rings. The summed E-state index contributed by atoms with van der Waals surface area (Å²) in [5.74, 6) is 0.245. The van der Waals surface area contributed by atoms with Crippen LogP contribution in [-0.4, -0.2) is 36.1 Å². The van der Waals surface area contributed by atoms with E-state index in [-0.39, 0.29) is 34.9 Å². The van der Waals surface area contributed by atoms with Crippen molar-refractivity contribution in [3.63, 3.8) is 0 Å². The van der Waals surface area contributed by atoms with E-state index in [1.54, 1.807) is 7.11 Å². The molecule has 0 bridgehead atoms. The highest BCUT2D eigenvalue weighted by atomic mass is 127. The fourth-order valence-electron chi connectivity index (χ4n) is 7.54. The fourth-order valence-corrected chi connectivity index (χ4v) is 8.32. The minimum absolute atomic E-state index is 0.0795. The first-order valence-corrected chi connectivity index (χ1v) is 18.0. The van der Waals surface area contributed by atoms with Crippen molar-refractivity contribution in [2.45, 2.75) is 79.7 Å². The quantitative estimate of drug-likeness (QED) is 0.231. The van der Waals surface area contributed by atoms with Crippen LogP contribution < -0.4 is 14.8 Å². The van der Waals surface area contributed by atoms with E-state index >= 15 is 0 Å². The number of rotatable bonds is 8. The molecule has 3 aromatic carbocycles. The van der Waals surface area contributed by atoms with Gasteiger partial charge in [-0.25, -0.2) is 0 Å². The Morgan fingerprint density at radius 2 is 1.47 bits per heavy atom. The molecule has 0 atom stereocenters. The molecule has 0 radical (unpaired) electrons. The second-order valence-electron chi connectivity index (χ2n) is 15.3. The number of aryl methyl sites for hydroxylation is 2. The van der Waals surface area contributed by atoms with Crippen molar-refractivity contribution < 1.29 is 23.9 Å². The van der Waals surface area contributed by atoms with Crippen molar-refractivity contribution in [2.24, 2.45) is 10.8 Å². The van der Waals surface area contributed by atoms with Crippen molar-refractivity contribution in [3.05, 3.63) is 109 Å². The van der Waals surface area contributed by atoms with Gasteiger partial charge in [-0.3, -0.25) is 14.4 Å². The number of carbonyl (C=O) groups excluding carboxylic acids is 3. The van der Waals surface area contributed by atoms with Crippen molar-refractivity contribution in [1.29, 1.82) is 0 Å². The molecule has 3 aliphatic rings. The maximum atomic E-state index is 14.3. The van der Waals surface area contributed by atoms with Crippen LogP contribution in [0.3, 0.4) is 0 Å². The SMILES string of the molecule is COc1cc(C2C3=C(CC(C)(C)CC3=O)N(Cc3ccccc3)C3=C2C(=O)CC(C)(C)C3)cc(I)c1OCC(=O)Nc1ccc(C)c(C)c1. The predicted molar refractivity (Wildman–Crippen MR) is 201 cm³/mol. The van der Waals surface area contributed by atoms with E-state index < -0.39 is 5.92 Å². The molecular weight excluding hydrogens is 727 g/mol. The standard InChI is InChI=1S/C41H45IN2O5/c1-24-13-14-28(15-25(24)2)43-35(47)23-49-39-29(42)16-27(17-34(39)48-7)36-37-30(18-40(3,4)20-32(37)45)44(22-26-11-9-8-10-12-26)31-19-41(5,6)21-33(46)38(31)36/h8-17,36H,18-23H2,1-7H3,(H,43,47). The molecule has 0 saturated carbocycles. The molecule has 0 unspecified atom stereocenters. The number of allylic oxidation sites excluding steroid dienone is 4. The number of carbonyl (C=O) groups is 3. The number of halogens is 1. The molecule has 6 rings (SSSR count). The Bertz CT molecular complexity index is 1850. The summed E-state index contributed by atoms with van der Waals surface area (Å²) in [5, 5.41) is 2.91. The lowest BCUT2D eigenvalue weighted by Crippen LogP contribution is -2.44. The van der Waals surface area contributed by atoms with Gasteiger partial charge in [-0.15, -0.1) is 0 Å². The van der Waals surface area contributed by atoms with Crippen LogP contribution in [0.4, 0.5) is 5.69 Å². The van der Waals surface area contributed by atoms with Crippen LogP contribution in [-0.2, 0) is 20.9 Å². The minimum atomic E-state index is -0.520. The van der Waals surface area contributed by atoms with Crippen LogP contribution in [0, 0.1) is 28.2 Å².